The van der Waals surface area contributed by atoms with Gasteiger partial charge in [-0.1, -0.05) is 18.2 Å². The van der Waals surface area contributed by atoms with Crippen LogP contribution < -0.4 is 16.3 Å². The second-order valence-electron chi connectivity index (χ2n) is 5.35. The van der Waals surface area contributed by atoms with E-state index in [4.69, 9.17) is 4.42 Å². The Kier molecular flexibility index (Phi) is 6.43. The van der Waals surface area contributed by atoms with E-state index in [0.717, 1.165) is 11.1 Å². The van der Waals surface area contributed by atoms with Crippen molar-refractivity contribution in [3.63, 3.8) is 0 Å². The highest BCUT2D eigenvalue weighted by molar-refractivity contribution is 7.98. The standard InChI is InChI=1S/C17H20N2O4S/c1-11(20)19-14(7-8-24-2)16(21)18-10-13-9-12-5-3-4-6-15(12)23-17(13)22/h3-6,9,14H,7-8,10H2,1-2H3,(H,18,21)(H,19,20). The molecule has 0 saturated carbocycles. The molecule has 1 aromatic carbocycles. The Morgan fingerprint density at radius 3 is 2.75 bits per heavy atom. The summed E-state index contributed by atoms with van der Waals surface area (Å²) in [5.74, 6) is 0.171. The SMILES string of the molecule is CSCCC(NC(C)=O)C(=O)NCc1cc2ccccc2oc1=O. The van der Waals surface area contributed by atoms with Crippen LogP contribution in [0.4, 0.5) is 0 Å². The Bertz CT molecular complexity index is 787. The first-order valence-corrected chi connectivity index (χ1v) is 8.96. The third kappa shape index (κ3) is 4.86. The number of hydrogen-bond donors (Lipinski definition) is 2. The minimum Gasteiger partial charge on any atom is -0.422 e. The van der Waals surface area contributed by atoms with Gasteiger partial charge in [-0.05, 0) is 30.6 Å². The van der Waals surface area contributed by atoms with Crippen LogP contribution >= 0.6 is 11.8 Å². The molecular weight excluding hydrogens is 328 g/mol. The Labute approximate surface area is 144 Å². The van der Waals surface area contributed by atoms with Gasteiger partial charge in [0.05, 0.1) is 12.1 Å². The molecule has 6 nitrogen and oxygen atoms in total. The van der Waals surface area contributed by atoms with E-state index in [1.807, 2.05) is 18.4 Å². The fraction of sp³-hybridized carbons (Fsp3) is 0.353. The number of amides is 2. The zero-order valence-corrected chi connectivity index (χ0v) is 14.4. The van der Waals surface area contributed by atoms with Crippen molar-refractivity contribution in [3.8, 4) is 0 Å². The second kappa shape index (κ2) is 8.54. The van der Waals surface area contributed by atoms with Gasteiger partial charge < -0.3 is 15.1 Å². The van der Waals surface area contributed by atoms with Crippen molar-refractivity contribution in [2.24, 2.45) is 0 Å². The molecule has 0 aliphatic rings. The molecule has 7 heteroatoms. The fourth-order valence-electron chi connectivity index (χ4n) is 2.28. The number of benzene rings is 1. The lowest BCUT2D eigenvalue weighted by atomic mass is 10.1. The average Bonchev–Trinajstić information content (AvgIpc) is 2.56. The summed E-state index contributed by atoms with van der Waals surface area (Å²) in [5, 5.41) is 6.12. The number of nitrogens with one attached hydrogen (secondary N) is 2. The Balaban J connectivity index is 2.07. The van der Waals surface area contributed by atoms with E-state index in [2.05, 4.69) is 10.6 Å². The molecule has 2 N–H and O–H groups in total. The van der Waals surface area contributed by atoms with Gasteiger partial charge in [-0.15, -0.1) is 0 Å². The molecule has 1 unspecified atom stereocenters. The lowest BCUT2D eigenvalue weighted by Gasteiger charge is -2.17. The van der Waals surface area contributed by atoms with E-state index in [-0.39, 0.29) is 18.4 Å². The molecule has 2 amide bonds. The summed E-state index contributed by atoms with van der Waals surface area (Å²) in [6.07, 6.45) is 2.46. The van der Waals surface area contributed by atoms with Gasteiger partial charge in [0.1, 0.15) is 11.6 Å². The van der Waals surface area contributed by atoms with Crippen molar-refractivity contribution in [1.29, 1.82) is 0 Å². The molecular formula is C17H20N2O4S. The number of fused-ring (bicyclic) bond motifs is 1. The van der Waals surface area contributed by atoms with Gasteiger partial charge in [0.25, 0.3) is 0 Å². The summed E-state index contributed by atoms with van der Waals surface area (Å²) in [4.78, 5) is 35.5. The van der Waals surface area contributed by atoms with E-state index in [0.29, 0.717) is 17.6 Å². The number of carbonyl (C=O) groups is 2. The molecule has 2 rings (SSSR count). The van der Waals surface area contributed by atoms with Crippen LogP contribution in [0.2, 0.25) is 0 Å². The van der Waals surface area contributed by atoms with Crippen LogP contribution in [0.15, 0.2) is 39.5 Å². The average molecular weight is 348 g/mol. The normalized spacial score (nSPS) is 11.9. The van der Waals surface area contributed by atoms with Gasteiger partial charge in [0, 0.05) is 12.3 Å². The monoisotopic (exact) mass is 348 g/mol. The van der Waals surface area contributed by atoms with Crippen molar-refractivity contribution >= 4 is 34.5 Å². The van der Waals surface area contributed by atoms with Crippen LogP contribution in [0.1, 0.15) is 18.9 Å². The summed E-state index contributed by atoms with van der Waals surface area (Å²) in [5.41, 5.74) is 0.399. The lowest BCUT2D eigenvalue weighted by molar-refractivity contribution is -0.128. The first-order chi connectivity index (χ1) is 11.5. The molecule has 0 aliphatic heterocycles. The maximum atomic E-state index is 12.3. The zero-order chi connectivity index (χ0) is 17.5. The van der Waals surface area contributed by atoms with Crippen molar-refractivity contribution in [2.75, 3.05) is 12.0 Å². The number of para-hydroxylation sites is 1. The fourth-order valence-corrected chi connectivity index (χ4v) is 2.75. The van der Waals surface area contributed by atoms with E-state index < -0.39 is 11.7 Å². The van der Waals surface area contributed by atoms with Crippen molar-refractivity contribution in [2.45, 2.75) is 25.9 Å². The molecule has 0 radical (unpaired) electrons. The Morgan fingerprint density at radius 2 is 2.04 bits per heavy atom. The van der Waals surface area contributed by atoms with Gasteiger partial charge in [0.15, 0.2) is 0 Å². The van der Waals surface area contributed by atoms with Crippen LogP contribution in [-0.2, 0) is 16.1 Å². The van der Waals surface area contributed by atoms with Crippen LogP contribution in [-0.4, -0.2) is 29.9 Å². The molecule has 1 atom stereocenters. The van der Waals surface area contributed by atoms with Crippen molar-refractivity contribution < 1.29 is 14.0 Å². The summed E-state index contributed by atoms with van der Waals surface area (Å²) >= 11 is 1.60. The van der Waals surface area contributed by atoms with Gasteiger partial charge in [0.2, 0.25) is 11.8 Å². The summed E-state index contributed by atoms with van der Waals surface area (Å²) in [6, 6.07) is 8.28. The van der Waals surface area contributed by atoms with Crippen molar-refractivity contribution in [1.82, 2.24) is 10.6 Å². The maximum Gasteiger partial charge on any atom is 0.341 e. The number of carbonyl (C=O) groups excluding carboxylic acids is 2. The number of thioether (sulfide) groups is 1. The van der Waals surface area contributed by atoms with Crippen molar-refractivity contribution in [3.05, 3.63) is 46.3 Å². The van der Waals surface area contributed by atoms with Crippen LogP contribution in [0, 0.1) is 0 Å². The minimum absolute atomic E-state index is 0.0569. The van der Waals surface area contributed by atoms with E-state index in [1.165, 1.54) is 6.92 Å². The predicted octanol–water partition coefficient (Wildman–Crippen LogP) is 1.67. The molecule has 1 heterocycles. The Hall–Kier alpha value is -2.28. The van der Waals surface area contributed by atoms with Gasteiger partial charge >= 0.3 is 5.63 Å². The first-order valence-electron chi connectivity index (χ1n) is 7.56. The molecule has 0 aliphatic carbocycles. The number of hydrogen-bond acceptors (Lipinski definition) is 5. The molecule has 0 fully saturated rings. The molecule has 1 aromatic heterocycles. The highest BCUT2D eigenvalue weighted by atomic mass is 32.2. The van der Waals surface area contributed by atoms with E-state index in [9.17, 15) is 14.4 Å². The smallest absolute Gasteiger partial charge is 0.341 e. The summed E-state index contributed by atoms with van der Waals surface area (Å²) in [7, 11) is 0. The minimum atomic E-state index is -0.609. The van der Waals surface area contributed by atoms with Crippen LogP contribution in [0.25, 0.3) is 11.0 Å². The molecule has 2 aromatic rings. The van der Waals surface area contributed by atoms with Crippen LogP contribution in [0.3, 0.4) is 0 Å². The van der Waals surface area contributed by atoms with E-state index >= 15 is 0 Å². The third-order valence-corrected chi connectivity index (χ3v) is 4.12. The molecule has 0 spiro atoms. The lowest BCUT2D eigenvalue weighted by Crippen LogP contribution is -2.46. The first kappa shape index (κ1) is 18.1. The highest BCUT2D eigenvalue weighted by Gasteiger charge is 2.19. The predicted molar refractivity (Wildman–Crippen MR) is 94.9 cm³/mol. The molecule has 24 heavy (non-hydrogen) atoms. The molecule has 128 valence electrons. The van der Waals surface area contributed by atoms with E-state index in [1.54, 1.807) is 30.0 Å². The van der Waals surface area contributed by atoms with Gasteiger partial charge in [-0.25, -0.2) is 4.79 Å². The van der Waals surface area contributed by atoms with Gasteiger partial charge in [-0.3, -0.25) is 9.59 Å². The third-order valence-electron chi connectivity index (χ3n) is 3.47. The molecule has 0 saturated heterocycles. The molecule has 0 bridgehead atoms. The Morgan fingerprint density at radius 1 is 1.29 bits per heavy atom. The largest absolute Gasteiger partial charge is 0.422 e. The summed E-state index contributed by atoms with van der Waals surface area (Å²) < 4.78 is 5.24. The number of rotatable bonds is 7. The van der Waals surface area contributed by atoms with Gasteiger partial charge in [-0.2, -0.15) is 11.8 Å². The highest BCUT2D eigenvalue weighted by Crippen LogP contribution is 2.12. The second-order valence-corrected chi connectivity index (χ2v) is 6.33. The maximum absolute atomic E-state index is 12.3. The van der Waals surface area contributed by atoms with Crippen LogP contribution in [0.5, 0.6) is 0 Å². The zero-order valence-electron chi connectivity index (χ0n) is 13.6. The topological polar surface area (TPSA) is 88.4 Å². The quantitative estimate of drug-likeness (QED) is 0.743. The summed E-state index contributed by atoms with van der Waals surface area (Å²) in [6.45, 7) is 1.43.